The maximum Gasteiger partial charge on any atom is 0.345 e. The Morgan fingerprint density at radius 2 is 2.21 bits per heavy atom. The normalized spacial score (nSPS) is 15.9. The number of aromatic carboxylic acids is 1. The van der Waals surface area contributed by atoms with E-state index in [0.717, 1.165) is 37.0 Å². The lowest BCUT2D eigenvalue weighted by atomic mass is 10.3. The third-order valence-corrected chi connectivity index (χ3v) is 6.08. The Morgan fingerprint density at radius 3 is 2.68 bits per heavy atom. The SMILES string of the molecule is CCCCN(C1CC1)S(=O)(=O)c1csc(C(=O)O)c1. The lowest BCUT2D eigenvalue weighted by molar-refractivity contribution is 0.0702. The lowest BCUT2D eigenvalue weighted by Crippen LogP contribution is -2.33. The van der Waals surface area contributed by atoms with Gasteiger partial charge >= 0.3 is 5.97 Å². The van der Waals surface area contributed by atoms with Crippen LogP contribution in [0, 0.1) is 0 Å². The average molecular weight is 303 g/mol. The summed E-state index contributed by atoms with van der Waals surface area (Å²) in [5.74, 6) is -1.09. The van der Waals surface area contributed by atoms with Crippen molar-refractivity contribution >= 4 is 27.3 Å². The molecule has 0 aliphatic heterocycles. The molecule has 5 nitrogen and oxygen atoms in total. The molecular formula is C12H17NO4S2. The number of hydrogen-bond acceptors (Lipinski definition) is 4. The predicted molar refractivity (Wildman–Crippen MR) is 73.1 cm³/mol. The molecule has 0 atom stereocenters. The number of hydrogen-bond donors (Lipinski definition) is 1. The second kappa shape index (κ2) is 5.60. The number of carbonyl (C=O) groups is 1. The minimum atomic E-state index is -3.54. The number of nitrogens with zero attached hydrogens (tertiary/aromatic N) is 1. The summed E-state index contributed by atoms with van der Waals surface area (Å²) in [6.07, 6.45) is 3.56. The molecular weight excluding hydrogens is 286 g/mol. The number of unbranched alkanes of at least 4 members (excludes halogenated alkanes) is 1. The molecule has 0 radical (unpaired) electrons. The highest BCUT2D eigenvalue weighted by atomic mass is 32.2. The van der Waals surface area contributed by atoms with Crippen LogP contribution >= 0.6 is 11.3 Å². The van der Waals surface area contributed by atoms with E-state index in [9.17, 15) is 13.2 Å². The molecule has 0 bridgehead atoms. The second-order valence-electron chi connectivity index (χ2n) is 4.65. The Morgan fingerprint density at radius 1 is 1.53 bits per heavy atom. The molecule has 1 aromatic rings. The van der Waals surface area contributed by atoms with Gasteiger partial charge in [-0.05, 0) is 25.3 Å². The molecule has 0 aromatic carbocycles. The highest BCUT2D eigenvalue weighted by molar-refractivity contribution is 7.89. The third-order valence-electron chi connectivity index (χ3n) is 3.08. The zero-order chi connectivity index (χ0) is 14.0. The van der Waals surface area contributed by atoms with E-state index in [4.69, 9.17) is 5.11 Å². The van der Waals surface area contributed by atoms with Crippen LogP contribution in [0.4, 0.5) is 0 Å². The molecule has 1 N–H and O–H groups in total. The first-order chi connectivity index (χ1) is 8.96. The van der Waals surface area contributed by atoms with Crippen molar-refractivity contribution in [1.82, 2.24) is 4.31 Å². The van der Waals surface area contributed by atoms with Crippen LogP contribution < -0.4 is 0 Å². The van der Waals surface area contributed by atoms with Gasteiger partial charge in [0.25, 0.3) is 0 Å². The van der Waals surface area contributed by atoms with Crippen LogP contribution in [-0.2, 0) is 10.0 Å². The lowest BCUT2D eigenvalue weighted by Gasteiger charge is -2.20. The third kappa shape index (κ3) is 3.16. The van der Waals surface area contributed by atoms with Gasteiger partial charge in [-0.3, -0.25) is 0 Å². The van der Waals surface area contributed by atoms with Gasteiger partial charge in [0, 0.05) is 18.0 Å². The standard InChI is InChI=1S/C12H17NO4S2/c1-2-3-6-13(9-4-5-9)19(16,17)10-7-11(12(14)15)18-8-10/h7-9H,2-6H2,1H3,(H,14,15). The summed E-state index contributed by atoms with van der Waals surface area (Å²) < 4.78 is 26.5. The molecule has 2 rings (SSSR count). The van der Waals surface area contributed by atoms with Crippen molar-refractivity contribution in [3.05, 3.63) is 16.3 Å². The van der Waals surface area contributed by atoms with Gasteiger partial charge in [-0.25, -0.2) is 13.2 Å². The molecule has 1 aliphatic rings. The predicted octanol–water partition coefficient (Wildman–Crippen LogP) is 2.40. The van der Waals surface area contributed by atoms with Crippen molar-refractivity contribution in [3.63, 3.8) is 0 Å². The fraction of sp³-hybridized carbons (Fsp3) is 0.583. The van der Waals surface area contributed by atoms with Crippen molar-refractivity contribution in [1.29, 1.82) is 0 Å². The summed E-state index contributed by atoms with van der Waals surface area (Å²) in [6.45, 7) is 2.53. The maximum absolute atomic E-state index is 12.5. The van der Waals surface area contributed by atoms with Crippen LogP contribution in [0.1, 0.15) is 42.3 Å². The van der Waals surface area contributed by atoms with E-state index in [0.29, 0.717) is 6.54 Å². The van der Waals surface area contributed by atoms with Crippen molar-refractivity contribution in [2.24, 2.45) is 0 Å². The molecule has 0 unspecified atom stereocenters. The van der Waals surface area contributed by atoms with E-state index in [1.165, 1.54) is 15.8 Å². The Kier molecular flexibility index (Phi) is 4.27. The van der Waals surface area contributed by atoms with Gasteiger partial charge in [-0.2, -0.15) is 4.31 Å². The highest BCUT2D eigenvalue weighted by Crippen LogP contribution is 2.33. The maximum atomic E-state index is 12.5. The summed E-state index contributed by atoms with van der Waals surface area (Å²) in [5, 5.41) is 10.3. The number of carboxylic acids is 1. The van der Waals surface area contributed by atoms with Gasteiger partial charge in [0.1, 0.15) is 4.88 Å². The second-order valence-corrected chi connectivity index (χ2v) is 7.45. The van der Waals surface area contributed by atoms with Crippen LogP contribution in [0.5, 0.6) is 0 Å². The zero-order valence-electron chi connectivity index (χ0n) is 10.7. The summed E-state index contributed by atoms with van der Waals surface area (Å²) in [4.78, 5) is 11.0. The van der Waals surface area contributed by atoms with E-state index in [1.54, 1.807) is 0 Å². The first-order valence-electron chi connectivity index (χ1n) is 6.30. The van der Waals surface area contributed by atoms with E-state index in [-0.39, 0.29) is 15.8 Å². The monoisotopic (exact) mass is 303 g/mol. The van der Waals surface area contributed by atoms with E-state index in [2.05, 4.69) is 0 Å². The van der Waals surface area contributed by atoms with Crippen molar-refractivity contribution in [3.8, 4) is 0 Å². The molecule has 19 heavy (non-hydrogen) atoms. The van der Waals surface area contributed by atoms with Gasteiger partial charge in [-0.1, -0.05) is 13.3 Å². The summed E-state index contributed by atoms with van der Waals surface area (Å²) in [5.41, 5.74) is 0. The molecule has 7 heteroatoms. The van der Waals surface area contributed by atoms with E-state index >= 15 is 0 Å². The molecule has 106 valence electrons. The van der Waals surface area contributed by atoms with E-state index in [1.807, 2.05) is 6.92 Å². The van der Waals surface area contributed by atoms with Gasteiger partial charge in [0.2, 0.25) is 10.0 Å². The minimum Gasteiger partial charge on any atom is -0.477 e. The number of carboxylic acid groups (broad SMARTS) is 1. The van der Waals surface area contributed by atoms with Crippen LogP contribution in [-0.4, -0.2) is 36.4 Å². The number of sulfonamides is 1. The Labute approximate surface area is 116 Å². The van der Waals surface area contributed by atoms with E-state index < -0.39 is 16.0 Å². The number of thiophene rings is 1. The topological polar surface area (TPSA) is 74.7 Å². The molecule has 0 saturated heterocycles. The van der Waals surface area contributed by atoms with Crippen LogP contribution in [0.3, 0.4) is 0 Å². The summed E-state index contributed by atoms with van der Waals surface area (Å²) in [7, 11) is -3.54. The fourth-order valence-electron chi connectivity index (χ4n) is 1.88. The van der Waals surface area contributed by atoms with Crippen LogP contribution in [0.25, 0.3) is 0 Å². The molecule has 0 amide bonds. The van der Waals surface area contributed by atoms with Crippen LogP contribution in [0.2, 0.25) is 0 Å². The van der Waals surface area contributed by atoms with Gasteiger partial charge in [-0.15, -0.1) is 11.3 Å². The first-order valence-corrected chi connectivity index (χ1v) is 8.62. The smallest absolute Gasteiger partial charge is 0.345 e. The molecule has 1 heterocycles. The van der Waals surface area contributed by atoms with Crippen molar-refractivity contribution < 1.29 is 18.3 Å². The summed E-state index contributed by atoms with van der Waals surface area (Å²) >= 11 is 0.953. The van der Waals surface area contributed by atoms with Gasteiger partial charge in [0.05, 0.1) is 4.90 Å². The molecule has 1 fully saturated rings. The van der Waals surface area contributed by atoms with Gasteiger partial charge < -0.3 is 5.11 Å². The molecule has 1 aliphatic carbocycles. The molecule has 1 aromatic heterocycles. The Hall–Kier alpha value is -0.920. The first kappa shape index (κ1) is 14.5. The minimum absolute atomic E-state index is 0.0600. The van der Waals surface area contributed by atoms with Gasteiger partial charge in [0.15, 0.2) is 0 Å². The average Bonchev–Trinajstić information content (AvgIpc) is 3.04. The molecule has 0 spiro atoms. The zero-order valence-corrected chi connectivity index (χ0v) is 12.3. The fourth-order valence-corrected chi connectivity index (χ4v) is 4.70. The Bertz CT molecular complexity index is 560. The summed E-state index contributed by atoms with van der Waals surface area (Å²) in [6, 6.07) is 1.36. The molecule has 1 saturated carbocycles. The van der Waals surface area contributed by atoms with Crippen LogP contribution in [0.15, 0.2) is 16.3 Å². The number of rotatable bonds is 7. The largest absolute Gasteiger partial charge is 0.477 e. The van der Waals surface area contributed by atoms with Crippen molar-refractivity contribution in [2.45, 2.75) is 43.5 Å². The Balaban J connectivity index is 2.25. The quantitative estimate of drug-likeness (QED) is 0.839. The van der Waals surface area contributed by atoms with Crippen molar-refractivity contribution in [2.75, 3.05) is 6.54 Å². The highest BCUT2D eigenvalue weighted by Gasteiger charge is 2.38.